The molecule has 0 spiro atoms. The molecule has 0 aliphatic heterocycles. The Hall–Kier alpha value is -3.00. The summed E-state index contributed by atoms with van der Waals surface area (Å²) in [5.41, 5.74) is 1.39. The Labute approximate surface area is 184 Å². The van der Waals surface area contributed by atoms with E-state index in [1.165, 1.54) is 0 Å². The molecule has 1 N–H and O–H groups in total. The number of allylic oxidation sites excluding steroid dienone is 2. The molecule has 0 radical (unpaired) electrons. The van der Waals surface area contributed by atoms with Gasteiger partial charge in [-0.3, -0.25) is 9.00 Å². The van der Waals surface area contributed by atoms with Gasteiger partial charge in [-0.25, -0.2) is 4.98 Å². The first-order valence-corrected chi connectivity index (χ1v) is 11.7. The molecule has 0 saturated carbocycles. The zero-order valence-corrected chi connectivity index (χ0v) is 18.6. The van der Waals surface area contributed by atoms with E-state index in [9.17, 15) is 14.1 Å². The predicted molar refractivity (Wildman–Crippen MR) is 119 cm³/mol. The molecule has 164 valence electrons. The van der Waals surface area contributed by atoms with Crippen LogP contribution in [0.1, 0.15) is 44.7 Å². The van der Waals surface area contributed by atoms with Gasteiger partial charge in [-0.15, -0.1) is 0 Å². The lowest BCUT2D eigenvalue weighted by atomic mass is 9.83. The highest BCUT2D eigenvalue weighted by Gasteiger charge is 2.32. The smallest absolute Gasteiger partial charge is 0.219 e. The van der Waals surface area contributed by atoms with Crippen LogP contribution in [0, 0.1) is 0 Å². The number of ether oxygens (including phenoxy) is 1. The average molecular weight is 443 g/mol. The summed E-state index contributed by atoms with van der Waals surface area (Å²) in [6.45, 7) is 4.07. The minimum absolute atomic E-state index is 0.0119. The van der Waals surface area contributed by atoms with Gasteiger partial charge >= 0.3 is 0 Å². The number of aromatic nitrogens is 1. The number of aliphatic hydroxyl groups excluding tert-OH is 1. The number of pyridine rings is 1. The maximum atomic E-state index is 12.8. The summed E-state index contributed by atoms with van der Waals surface area (Å²) in [7, 11) is -1.05. The molecule has 1 heterocycles. The first-order valence-electron chi connectivity index (χ1n) is 10.2. The monoisotopic (exact) mass is 442 g/mol. The predicted octanol–water partition coefficient (Wildman–Crippen LogP) is 4.67. The van der Waals surface area contributed by atoms with Crippen molar-refractivity contribution in [3.63, 3.8) is 0 Å². The lowest BCUT2D eigenvalue weighted by Crippen LogP contribution is -2.24. The fraction of sp³-hybridized carbons (Fsp3) is 0.348. The number of aliphatic hydroxyl groups is 1. The van der Waals surface area contributed by atoms with Gasteiger partial charge in [0.25, 0.3) is 0 Å². The third-order valence-corrected chi connectivity index (χ3v) is 5.84. The van der Waals surface area contributed by atoms with E-state index in [1.807, 2.05) is 26.0 Å². The van der Waals surface area contributed by atoms with Gasteiger partial charge in [0.2, 0.25) is 5.88 Å². The standard InChI is InChI=1S/C23H26N2O5S/c1-4-18(25-29-5-2)23-20(26)13-15(14-21(23)27)19-7-6-8-22(24-19)30-16-9-11-17(12-10-16)31(3)28/h6-12,15,26H,4-5,13-14H2,1-3H3/b25-18-. The largest absolute Gasteiger partial charge is 0.511 e. The molecule has 0 saturated heterocycles. The van der Waals surface area contributed by atoms with Crippen LogP contribution in [-0.2, 0) is 20.4 Å². The van der Waals surface area contributed by atoms with Crippen molar-refractivity contribution in [2.24, 2.45) is 5.16 Å². The van der Waals surface area contributed by atoms with E-state index < -0.39 is 10.8 Å². The van der Waals surface area contributed by atoms with Crippen LogP contribution in [0.15, 0.2) is 63.8 Å². The van der Waals surface area contributed by atoms with Gasteiger partial charge in [0, 0.05) is 52.5 Å². The Balaban J connectivity index is 1.78. The molecule has 0 amide bonds. The fourth-order valence-corrected chi connectivity index (χ4v) is 3.91. The van der Waals surface area contributed by atoms with Crippen molar-refractivity contribution in [3.8, 4) is 11.6 Å². The number of hydrogen-bond donors (Lipinski definition) is 1. The molecule has 1 aliphatic rings. The van der Waals surface area contributed by atoms with Crippen LogP contribution in [0.25, 0.3) is 0 Å². The number of nitrogens with zero attached hydrogens (tertiary/aromatic N) is 2. The molecule has 0 fully saturated rings. The Kier molecular flexibility index (Phi) is 7.57. The van der Waals surface area contributed by atoms with Crippen LogP contribution in [0.2, 0.25) is 0 Å². The highest BCUT2D eigenvalue weighted by atomic mass is 32.2. The van der Waals surface area contributed by atoms with E-state index in [-0.39, 0.29) is 29.5 Å². The maximum absolute atomic E-state index is 12.8. The summed E-state index contributed by atoms with van der Waals surface area (Å²) in [6.07, 6.45) is 2.62. The Morgan fingerprint density at radius 3 is 2.55 bits per heavy atom. The van der Waals surface area contributed by atoms with Crippen LogP contribution in [0.4, 0.5) is 0 Å². The van der Waals surface area contributed by atoms with Gasteiger partial charge in [0.15, 0.2) is 5.78 Å². The molecule has 2 unspecified atom stereocenters. The molecule has 3 rings (SSSR count). The summed E-state index contributed by atoms with van der Waals surface area (Å²) < 4.78 is 17.3. The van der Waals surface area contributed by atoms with Gasteiger partial charge in [0.05, 0.1) is 11.3 Å². The summed E-state index contributed by atoms with van der Waals surface area (Å²) in [4.78, 5) is 23.1. The van der Waals surface area contributed by atoms with Crippen molar-refractivity contribution in [1.29, 1.82) is 0 Å². The second-order valence-electron chi connectivity index (χ2n) is 7.09. The highest BCUT2D eigenvalue weighted by molar-refractivity contribution is 7.84. The van der Waals surface area contributed by atoms with Crippen LogP contribution in [-0.4, -0.2) is 38.7 Å². The summed E-state index contributed by atoms with van der Waals surface area (Å²) >= 11 is 0. The molecule has 2 atom stereocenters. The fourth-order valence-electron chi connectivity index (χ4n) is 3.40. The first-order chi connectivity index (χ1) is 14.9. The lowest BCUT2D eigenvalue weighted by molar-refractivity contribution is -0.116. The molecule has 7 nitrogen and oxygen atoms in total. The van der Waals surface area contributed by atoms with Crippen LogP contribution < -0.4 is 4.74 Å². The zero-order chi connectivity index (χ0) is 22.4. The molecule has 8 heteroatoms. The second kappa shape index (κ2) is 10.3. The number of ketones is 1. The molecule has 1 aromatic heterocycles. The summed E-state index contributed by atoms with van der Waals surface area (Å²) in [6, 6.07) is 12.3. The van der Waals surface area contributed by atoms with Crippen molar-refractivity contribution in [1.82, 2.24) is 4.98 Å². The first kappa shape index (κ1) is 22.7. The highest BCUT2D eigenvalue weighted by Crippen LogP contribution is 2.34. The van der Waals surface area contributed by atoms with E-state index >= 15 is 0 Å². The number of rotatable bonds is 8. The van der Waals surface area contributed by atoms with Crippen molar-refractivity contribution in [2.45, 2.75) is 43.9 Å². The minimum Gasteiger partial charge on any atom is -0.511 e. The molecule has 31 heavy (non-hydrogen) atoms. The molecule has 1 aliphatic carbocycles. The Morgan fingerprint density at radius 1 is 1.19 bits per heavy atom. The van der Waals surface area contributed by atoms with E-state index in [0.717, 1.165) is 0 Å². The zero-order valence-electron chi connectivity index (χ0n) is 17.8. The molecular weight excluding hydrogens is 416 g/mol. The van der Waals surface area contributed by atoms with E-state index in [2.05, 4.69) is 10.1 Å². The third kappa shape index (κ3) is 5.58. The third-order valence-electron chi connectivity index (χ3n) is 4.91. The van der Waals surface area contributed by atoms with Crippen molar-refractivity contribution >= 4 is 22.3 Å². The van der Waals surface area contributed by atoms with Crippen LogP contribution >= 0.6 is 0 Å². The number of Topliss-reactive ketones (excluding diaryl/α,β-unsaturated/α-hetero) is 1. The SMILES string of the molecule is CCO/N=C(/CC)C1=C(O)CC(c2cccc(Oc3ccc(S(C)=O)cc3)n2)CC1=O. The summed E-state index contributed by atoms with van der Waals surface area (Å²) in [5.74, 6) is 0.540. The molecule has 2 aromatic rings. The number of carbonyl (C=O) groups excluding carboxylic acids is 1. The normalized spacial score (nSPS) is 18.1. The van der Waals surface area contributed by atoms with Gasteiger partial charge in [-0.1, -0.05) is 18.1 Å². The topological polar surface area (TPSA) is 98.1 Å². The van der Waals surface area contributed by atoms with Crippen LogP contribution in [0.5, 0.6) is 11.6 Å². The van der Waals surface area contributed by atoms with E-state index in [0.29, 0.717) is 47.4 Å². The summed E-state index contributed by atoms with van der Waals surface area (Å²) in [5, 5.41) is 14.6. The number of benzene rings is 1. The number of carbonyl (C=O) groups is 1. The van der Waals surface area contributed by atoms with Gasteiger partial charge < -0.3 is 14.7 Å². The van der Waals surface area contributed by atoms with Gasteiger partial charge in [-0.05, 0) is 43.7 Å². The van der Waals surface area contributed by atoms with E-state index in [4.69, 9.17) is 9.57 Å². The number of oxime groups is 1. The van der Waals surface area contributed by atoms with Crippen molar-refractivity contribution in [3.05, 3.63) is 59.5 Å². The molecule has 1 aromatic carbocycles. The van der Waals surface area contributed by atoms with Crippen LogP contribution in [0.3, 0.4) is 0 Å². The van der Waals surface area contributed by atoms with E-state index in [1.54, 1.807) is 36.6 Å². The van der Waals surface area contributed by atoms with Gasteiger partial charge in [-0.2, -0.15) is 0 Å². The van der Waals surface area contributed by atoms with Crippen molar-refractivity contribution in [2.75, 3.05) is 12.9 Å². The maximum Gasteiger partial charge on any atom is 0.219 e. The Morgan fingerprint density at radius 2 is 1.94 bits per heavy atom. The lowest BCUT2D eigenvalue weighted by Gasteiger charge is -2.23. The number of hydrogen-bond acceptors (Lipinski definition) is 7. The molecular formula is C23H26N2O5S. The Bertz CT molecular complexity index is 1030. The molecule has 0 bridgehead atoms. The minimum atomic E-state index is -1.05. The quantitative estimate of drug-likeness (QED) is 0.471. The second-order valence-corrected chi connectivity index (χ2v) is 8.47. The van der Waals surface area contributed by atoms with Gasteiger partial charge in [0.1, 0.15) is 18.1 Å². The van der Waals surface area contributed by atoms with Crippen molar-refractivity contribution < 1.29 is 23.7 Å². The average Bonchev–Trinajstić information content (AvgIpc) is 2.76.